The van der Waals surface area contributed by atoms with Gasteiger partial charge in [-0.3, -0.25) is 0 Å². The molecule has 8 heteroatoms. The lowest BCUT2D eigenvalue weighted by atomic mass is 10.3. The van der Waals surface area contributed by atoms with Crippen molar-refractivity contribution >= 4 is 31.0 Å². The number of azo groups is 1. The van der Waals surface area contributed by atoms with Crippen LogP contribution in [0.1, 0.15) is 0 Å². The third kappa shape index (κ3) is 4.22. The zero-order chi connectivity index (χ0) is 16.4. The Bertz CT molecular complexity index is 821. The van der Waals surface area contributed by atoms with Gasteiger partial charge in [-0.25, -0.2) is 16.8 Å². The van der Waals surface area contributed by atoms with Gasteiger partial charge < -0.3 is 0 Å². The fourth-order valence-electron chi connectivity index (χ4n) is 1.64. The molecule has 22 heavy (non-hydrogen) atoms. The third-order valence-corrected chi connectivity index (χ3v) is 5.07. The van der Waals surface area contributed by atoms with Crippen LogP contribution in [0.5, 0.6) is 0 Å². The molecular weight excluding hydrogens is 324 g/mol. The Kier molecular flexibility index (Phi) is 4.43. The Balaban J connectivity index is 2.18. The second kappa shape index (κ2) is 5.98. The number of benzene rings is 2. The smallest absolute Gasteiger partial charge is 0.175 e. The summed E-state index contributed by atoms with van der Waals surface area (Å²) in [6, 6.07) is 12.0. The minimum absolute atomic E-state index is 0.212. The predicted octanol–water partition coefficient (Wildman–Crippen LogP) is 2.91. The summed E-state index contributed by atoms with van der Waals surface area (Å²) in [6.45, 7) is 0. The quantitative estimate of drug-likeness (QED) is 0.801. The van der Waals surface area contributed by atoms with E-state index < -0.39 is 19.7 Å². The summed E-state index contributed by atoms with van der Waals surface area (Å²) < 4.78 is 45.3. The Morgan fingerprint density at radius 1 is 0.591 bits per heavy atom. The molecule has 0 unspecified atom stereocenters. The summed E-state index contributed by atoms with van der Waals surface area (Å²) in [6.07, 6.45) is 2.26. The second-order valence-corrected chi connectivity index (χ2v) is 8.76. The molecule has 0 aromatic heterocycles. The normalized spacial score (nSPS) is 12.6. The Hall–Kier alpha value is -2.06. The van der Waals surface area contributed by atoms with E-state index in [1.165, 1.54) is 24.3 Å². The molecule has 0 fully saturated rings. The molecule has 0 saturated heterocycles. The van der Waals surface area contributed by atoms with E-state index in [2.05, 4.69) is 10.2 Å². The number of rotatable bonds is 4. The summed E-state index contributed by atoms with van der Waals surface area (Å²) in [7, 11) is -6.47. The van der Waals surface area contributed by atoms with E-state index >= 15 is 0 Å². The van der Waals surface area contributed by atoms with Gasteiger partial charge in [-0.1, -0.05) is 0 Å². The predicted molar refractivity (Wildman–Crippen MR) is 83.3 cm³/mol. The molecule has 0 N–H and O–H groups in total. The van der Waals surface area contributed by atoms with Gasteiger partial charge in [-0.15, -0.1) is 0 Å². The van der Waals surface area contributed by atoms with E-state index in [0.717, 1.165) is 12.5 Å². The molecule has 0 amide bonds. The van der Waals surface area contributed by atoms with Crippen molar-refractivity contribution in [3.8, 4) is 0 Å². The average Bonchev–Trinajstić information content (AvgIpc) is 2.44. The molecular formula is C14H14N2O4S2. The van der Waals surface area contributed by atoms with Crippen LogP contribution in [0.2, 0.25) is 0 Å². The van der Waals surface area contributed by atoms with Crippen LogP contribution in [0.15, 0.2) is 68.6 Å². The van der Waals surface area contributed by atoms with Gasteiger partial charge in [0.15, 0.2) is 19.7 Å². The van der Waals surface area contributed by atoms with Gasteiger partial charge in [0.05, 0.1) is 21.2 Å². The van der Waals surface area contributed by atoms with E-state index in [1.54, 1.807) is 24.3 Å². The lowest BCUT2D eigenvalue weighted by Crippen LogP contribution is -1.95. The number of hydrogen-bond acceptors (Lipinski definition) is 6. The van der Waals surface area contributed by atoms with Crippen LogP contribution in [0.3, 0.4) is 0 Å². The van der Waals surface area contributed by atoms with E-state index in [9.17, 15) is 16.8 Å². The highest BCUT2D eigenvalue weighted by Gasteiger charge is 2.06. The maximum Gasteiger partial charge on any atom is 0.175 e. The van der Waals surface area contributed by atoms with Crippen molar-refractivity contribution in [2.45, 2.75) is 9.79 Å². The van der Waals surface area contributed by atoms with Gasteiger partial charge in [0.25, 0.3) is 0 Å². The van der Waals surface area contributed by atoms with Crippen molar-refractivity contribution in [2.24, 2.45) is 10.2 Å². The first-order valence-corrected chi connectivity index (χ1v) is 9.96. The fraction of sp³-hybridized carbons (Fsp3) is 0.143. The molecule has 2 aromatic carbocycles. The minimum atomic E-state index is -3.23. The molecule has 2 aromatic rings. The maximum absolute atomic E-state index is 11.3. The van der Waals surface area contributed by atoms with E-state index in [4.69, 9.17) is 0 Å². The highest BCUT2D eigenvalue weighted by molar-refractivity contribution is 7.91. The van der Waals surface area contributed by atoms with Crippen LogP contribution in [0.4, 0.5) is 11.4 Å². The average molecular weight is 338 g/mol. The topological polar surface area (TPSA) is 93.0 Å². The van der Waals surface area contributed by atoms with E-state index in [1.807, 2.05) is 0 Å². The summed E-state index contributed by atoms with van der Waals surface area (Å²) in [5.41, 5.74) is 0.999. The zero-order valence-electron chi connectivity index (χ0n) is 12.0. The highest BCUT2D eigenvalue weighted by Crippen LogP contribution is 2.21. The summed E-state index contributed by atoms with van der Waals surface area (Å²) >= 11 is 0. The lowest BCUT2D eigenvalue weighted by Gasteiger charge is -1.99. The standard InChI is InChI=1S/C14H14N2O4S2/c1-21(17,18)13-7-3-11(4-8-13)15-16-12-5-9-14(10-6-12)22(2,19)20/h3-10H,1-2H3. The largest absolute Gasteiger partial charge is 0.224 e. The molecule has 0 aliphatic carbocycles. The van der Waals surface area contributed by atoms with E-state index in [0.29, 0.717) is 11.4 Å². The molecule has 0 aliphatic heterocycles. The molecule has 6 nitrogen and oxygen atoms in total. The maximum atomic E-state index is 11.3. The van der Waals surface area contributed by atoms with Crippen molar-refractivity contribution in [3.05, 3.63) is 48.5 Å². The van der Waals surface area contributed by atoms with Crippen LogP contribution >= 0.6 is 0 Å². The molecule has 2 rings (SSSR count). The Morgan fingerprint density at radius 3 is 1.09 bits per heavy atom. The van der Waals surface area contributed by atoms with Crippen LogP contribution in [-0.4, -0.2) is 29.3 Å². The van der Waals surface area contributed by atoms with Gasteiger partial charge in [-0.2, -0.15) is 10.2 Å². The highest BCUT2D eigenvalue weighted by atomic mass is 32.2. The van der Waals surface area contributed by atoms with Crippen LogP contribution in [-0.2, 0) is 19.7 Å². The first kappa shape index (κ1) is 16.3. The number of hydrogen-bond donors (Lipinski definition) is 0. The van der Waals surface area contributed by atoms with Gasteiger partial charge in [0.1, 0.15) is 0 Å². The molecule has 0 radical (unpaired) electrons. The van der Waals surface area contributed by atoms with Crippen LogP contribution in [0, 0.1) is 0 Å². The SMILES string of the molecule is CS(=O)(=O)c1ccc(N=Nc2ccc(S(C)(=O)=O)cc2)cc1. The second-order valence-electron chi connectivity index (χ2n) is 4.73. The summed E-state index contributed by atoms with van der Waals surface area (Å²) in [5, 5.41) is 7.94. The van der Waals surface area contributed by atoms with Crippen molar-refractivity contribution in [3.63, 3.8) is 0 Å². The monoisotopic (exact) mass is 338 g/mol. The van der Waals surface area contributed by atoms with Gasteiger partial charge in [-0.05, 0) is 48.5 Å². The van der Waals surface area contributed by atoms with Crippen LogP contribution in [0.25, 0.3) is 0 Å². The molecule has 0 aliphatic rings. The Morgan fingerprint density at radius 2 is 0.864 bits per heavy atom. The van der Waals surface area contributed by atoms with Crippen molar-refractivity contribution in [2.75, 3.05) is 12.5 Å². The minimum Gasteiger partial charge on any atom is -0.224 e. The first-order valence-electron chi connectivity index (χ1n) is 6.18. The number of nitrogens with zero attached hydrogens (tertiary/aromatic N) is 2. The molecule has 0 heterocycles. The summed E-state index contributed by atoms with van der Waals surface area (Å²) in [5.74, 6) is 0. The third-order valence-electron chi connectivity index (χ3n) is 2.81. The molecule has 0 saturated carbocycles. The molecule has 0 atom stereocenters. The van der Waals surface area contributed by atoms with Crippen LogP contribution < -0.4 is 0 Å². The van der Waals surface area contributed by atoms with Crippen molar-refractivity contribution in [1.29, 1.82) is 0 Å². The molecule has 0 spiro atoms. The number of sulfone groups is 2. The van der Waals surface area contributed by atoms with Gasteiger partial charge in [0, 0.05) is 12.5 Å². The first-order chi connectivity index (χ1) is 10.2. The van der Waals surface area contributed by atoms with E-state index in [-0.39, 0.29) is 9.79 Å². The van der Waals surface area contributed by atoms with Crippen molar-refractivity contribution in [1.82, 2.24) is 0 Å². The summed E-state index contributed by atoms with van der Waals surface area (Å²) in [4.78, 5) is 0.424. The van der Waals surface area contributed by atoms with Gasteiger partial charge in [0.2, 0.25) is 0 Å². The molecule has 0 bridgehead atoms. The zero-order valence-corrected chi connectivity index (χ0v) is 13.6. The lowest BCUT2D eigenvalue weighted by molar-refractivity contribution is 0.600. The molecule has 116 valence electrons. The van der Waals surface area contributed by atoms with Crippen molar-refractivity contribution < 1.29 is 16.8 Å². The van der Waals surface area contributed by atoms with Gasteiger partial charge >= 0.3 is 0 Å². The Labute approximate surface area is 129 Å². The fourth-order valence-corrected chi connectivity index (χ4v) is 2.90.